The van der Waals surface area contributed by atoms with Crippen LogP contribution in [0, 0.1) is 12.8 Å². The van der Waals surface area contributed by atoms with Crippen LogP contribution in [0.1, 0.15) is 29.0 Å². The highest BCUT2D eigenvalue weighted by Gasteiger charge is 2.53. The Labute approximate surface area is 153 Å². The molecule has 1 unspecified atom stereocenters. The fourth-order valence-corrected chi connectivity index (χ4v) is 4.01. The predicted molar refractivity (Wildman–Crippen MR) is 98.1 cm³/mol. The molecule has 0 aromatic carbocycles. The van der Waals surface area contributed by atoms with E-state index in [1.54, 1.807) is 0 Å². The fraction of sp³-hybridized carbons (Fsp3) is 0.526. The van der Waals surface area contributed by atoms with E-state index in [-0.39, 0.29) is 11.5 Å². The minimum absolute atomic E-state index is 0.0179. The summed E-state index contributed by atoms with van der Waals surface area (Å²) in [6.07, 6.45) is 3.86. The third-order valence-corrected chi connectivity index (χ3v) is 5.58. The van der Waals surface area contributed by atoms with Gasteiger partial charge in [-0.25, -0.2) is 0 Å². The van der Waals surface area contributed by atoms with Gasteiger partial charge in [0.05, 0.1) is 18.8 Å². The Morgan fingerprint density at radius 3 is 2.88 bits per heavy atom. The number of nitrogens with zero attached hydrogens (tertiary/aromatic N) is 4. The van der Waals surface area contributed by atoms with Crippen LogP contribution in [0.3, 0.4) is 0 Å². The lowest BCUT2D eigenvalue weighted by molar-refractivity contribution is -0.0456. The highest BCUT2D eigenvalue weighted by Crippen LogP contribution is 2.42. The summed E-state index contributed by atoms with van der Waals surface area (Å²) in [4.78, 5) is 14.4. The van der Waals surface area contributed by atoms with Gasteiger partial charge >= 0.3 is 0 Å². The highest BCUT2D eigenvalue weighted by molar-refractivity contribution is 5.92. The smallest absolute Gasteiger partial charge is 0.267 e. The lowest BCUT2D eigenvalue weighted by Crippen LogP contribution is -2.65. The molecular formula is C19H25N5O2. The van der Waals surface area contributed by atoms with Crippen molar-refractivity contribution in [2.45, 2.75) is 25.4 Å². The number of carbonyl (C=O) groups is 1. The Morgan fingerprint density at radius 1 is 1.35 bits per heavy atom. The van der Waals surface area contributed by atoms with Gasteiger partial charge in [-0.2, -0.15) is 5.10 Å². The number of hydrogen-bond donors (Lipinski definition) is 1. The Bertz CT molecular complexity index is 779. The normalized spacial score (nSPS) is 21.0. The van der Waals surface area contributed by atoms with Crippen LogP contribution in [0.2, 0.25) is 0 Å². The summed E-state index contributed by atoms with van der Waals surface area (Å²) in [5.74, 6) is 1.36. The molecule has 1 amide bonds. The Balaban J connectivity index is 1.30. The van der Waals surface area contributed by atoms with Crippen molar-refractivity contribution in [2.75, 3.05) is 31.1 Å². The summed E-state index contributed by atoms with van der Waals surface area (Å²) in [5, 5.41) is 11.4. The lowest BCUT2D eigenvalue weighted by Gasteiger charge is -2.50. The van der Waals surface area contributed by atoms with Crippen molar-refractivity contribution in [3.8, 4) is 0 Å². The molecule has 2 aliphatic heterocycles. The van der Waals surface area contributed by atoms with Gasteiger partial charge in [0.2, 0.25) is 0 Å². The van der Waals surface area contributed by atoms with Crippen LogP contribution in [0.4, 0.5) is 5.82 Å². The molecule has 1 N–H and O–H groups in total. The molecule has 2 aromatic heterocycles. The average molecular weight is 355 g/mol. The Hall–Kier alpha value is -2.41. The van der Waals surface area contributed by atoms with Gasteiger partial charge in [0, 0.05) is 26.4 Å². The summed E-state index contributed by atoms with van der Waals surface area (Å²) in [6, 6.07) is 7.71. The zero-order valence-electron chi connectivity index (χ0n) is 15.3. The molecule has 4 heterocycles. The maximum Gasteiger partial charge on any atom is 0.267 e. The number of rotatable bonds is 5. The quantitative estimate of drug-likeness (QED) is 0.881. The van der Waals surface area contributed by atoms with E-state index in [9.17, 15) is 4.79 Å². The summed E-state index contributed by atoms with van der Waals surface area (Å²) in [5.41, 5.74) is 1.52. The molecule has 2 saturated heterocycles. The van der Waals surface area contributed by atoms with E-state index in [1.807, 2.05) is 49.0 Å². The van der Waals surface area contributed by atoms with Gasteiger partial charge < -0.3 is 19.5 Å². The molecule has 2 aromatic rings. The summed E-state index contributed by atoms with van der Waals surface area (Å²) < 4.78 is 7.94. The number of hydrogen-bond acceptors (Lipinski definition) is 5. The fourth-order valence-electron chi connectivity index (χ4n) is 4.01. The number of aromatic nitrogens is 3. The molecule has 0 saturated carbocycles. The average Bonchev–Trinajstić information content (AvgIpc) is 3.21. The standard InChI is InChI=1S/C19H25N5O2/c1-14-5-6-17(22-21-14)24-12-19(13-24)15(8-11-26-19)7-9-20-18(25)16-4-3-10-23(16)2/h3-6,10,15H,7-9,11-13H2,1-2H3,(H,20,25). The molecule has 2 fully saturated rings. The zero-order valence-corrected chi connectivity index (χ0v) is 15.3. The van der Waals surface area contributed by atoms with Crippen molar-refractivity contribution in [3.63, 3.8) is 0 Å². The summed E-state index contributed by atoms with van der Waals surface area (Å²) in [7, 11) is 1.88. The second kappa shape index (κ2) is 6.72. The largest absolute Gasteiger partial charge is 0.371 e. The second-order valence-electron chi connectivity index (χ2n) is 7.34. The summed E-state index contributed by atoms with van der Waals surface area (Å²) in [6.45, 7) is 5.10. The second-order valence-corrected chi connectivity index (χ2v) is 7.34. The van der Waals surface area contributed by atoms with E-state index in [4.69, 9.17) is 4.74 Å². The summed E-state index contributed by atoms with van der Waals surface area (Å²) >= 11 is 0. The molecule has 1 spiro atoms. The van der Waals surface area contributed by atoms with Crippen LogP contribution >= 0.6 is 0 Å². The van der Waals surface area contributed by atoms with Crippen LogP contribution in [-0.4, -0.2) is 52.5 Å². The number of amides is 1. The van der Waals surface area contributed by atoms with E-state index in [2.05, 4.69) is 20.4 Å². The van der Waals surface area contributed by atoms with Gasteiger partial charge in [0.1, 0.15) is 11.3 Å². The third-order valence-electron chi connectivity index (χ3n) is 5.58. The number of anilines is 1. The third kappa shape index (κ3) is 3.07. The maximum atomic E-state index is 12.2. The molecule has 7 heteroatoms. The van der Waals surface area contributed by atoms with Crippen LogP contribution in [-0.2, 0) is 11.8 Å². The van der Waals surface area contributed by atoms with Crippen molar-refractivity contribution < 1.29 is 9.53 Å². The number of ether oxygens (including phenoxy) is 1. The van der Waals surface area contributed by atoms with Crippen LogP contribution in [0.15, 0.2) is 30.5 Å². The predicted octanol–water partition coefficient (Wildman–Crippen LogP) is 1.54. The van der Waals surface area contributed by atoms with Crippen LogP contribution in [0.25, 0.3) is 0 Å². The first-order valence-electron chi connectivity index (χ1n) is 9.16. The van der Waals surface area contributed by atoms with Crippen molar-refractivity contribution in [3.05, 3.63) is 41.9 Å². The minimum Gasteiger partial charge on any atom is -0.371 e. The van der Waals surface area contributed by atoms with E-state index in [0.29, 0.717) is 18.2 Å². The van der Waals surface area contributed by atoms with E-state index in [0.717, 1.165) is 44.0 Å². The molecule has 0 aliphatic carbocycles. The van der Waals surface area contributed by atoms with Crippen molar-refractivity contribution >= 4 is 11.7 Å². The highest BCUT2D eigenvalue weighted by atomic mass is 16.5. The number of nitrogens with one attached hydrogen (secondary N) is 1. The molecular weight excluding hydrogens is 330 g/mol. The van der Waals surface area contributed by atoms with Gasteiger partial charge in [-0.05, 0) is 49.9 Å². The molecule has 2 aliphatic rings. The molecule has 1 atom stereocenters. The van der Waals surface area contributed by atoms with E-state index < -0.39 is 0 Å². The van der Waals surface area contributed by atoms with E-state index >= 15 is 0 Å². The van der Waals surface area contributed by atoms with Crippen LogP contribution < -0.4 is 10.2 Å². The lowest BCUT2D eigenvalue weighted by atomic mass is 9.79. The van der Waals surface area contributed by atoms with Gasteiger partial charge in [0.15, 0.2) is 5.82 Å². The number of carbonyl (C=O) groups excluding carboxylic acids is 1. The zero-order chi connectivity index (χ0) is 18.1. The van der Waals surface area contributed by atoms with Gasteiger partial charge in [0.25, 0.3) is 5.91 Å². The van der Waals surface area contributed by atoms with E-state index in [1.165, 1.54) is 0 Å². The SMILES string of the molecule is Cc1ccc(N2CC3(C2)OCCC3CCNC(=O)c2cccn2C)nn1. The Morgan fingerprint density at radius 2 is 2.19 bits per heavy atom. The molecule has 138 valence electrons. The molecule has 0 bridgehead atoms. The van der Waals surface area contributed by atoms with Gasteiger partial charge in [-0.3, -0.25) is 4.79 Å². The maximum absolute atomic E-state index is 12.2. The van der Waals surface area contributed by atoms with Crippen molar-refractivity contribution in [1.29, 1.82) is 0 Å². The Kier molecular flexibility index (Phi) is 4.40. The minimum atomic E-state index is -0.0950. The van der Waals surface area contributed by atoms with Gasteiger partial charge in [-0.1, -0.05) is 0 Å². The van der Waals surface area contributed by atoms with Crippen molar-refractivity contribution in [1.82, 2.24) is 20.1 Å². The molecule has 4 rings (SSSR count). The van der Waals surface area contributed by atoms with Gasteiger partial charge in [-0.15, -0.1) is 5.10 Å². The van der Waals surface area contributed by atoms with Crippen LogP contribution in [0.5, 0.6) is 0 Å². The topological polar surface area (TPSA) is 72.3 Å². The monoisotopic (exact) mass is 355 g/mol. The first-order chi connectivity index (χ1) is 12.6. The first kappa shape index (κ1) is 17.0. The molecule has 7 nitrogen and oxygen atoms in total. The van der Waals surface area contributed by atoms with Crippen molar-refractivity contribution in [2.24, 2.45) is 13.0 Å². The molecule has 0 radical (unpaired) electrons. The molecule has 26 heavy (non-hydrogen) atoms. The number of aryl methyl sites for hydroxylation is 2. The first-order valence-corrected chi connectivity index (χ1v) is 9.16.